The van der Waals surface area contributed by atoms with Crippen molar-refractivity contribution in [2.45, 2.75) is 32.0 Å². The number of nitrogens with zero attached hydrogens (tertiary/aromatic N) is 3. The highest BCUT2D eigenvalue weighted by Gasteiger charge is 2.48. The van der Waals surface area contributed by atoms with Gasteiger partial charge in [-0.05, 0) is 26.5 Å². The fourth-order valence-corrected chi connectivity index (χ4v) is 3.79. The number of carboxylic acids is 1. The molecular formula is C19H21F2N3O4. The van der Waals surface area contributed by atoms with E-state index in [1.54, 1.807) is 20.0 Å². The van der Waals surface area contributed by atoms with Crippen molar-refractivity contribution in [3.8, 4) is 0 Å². The Morgan fingerprint density at radius 3 is 2.71 bits per heavy atom. The topological polar surface area (TPSA) is 86.9 Å². The van der Waals surface area contributed by atoms with Gasteiger partial charge in [0, 0.05) is 18.7 Å². The van der Waals surface area contributed by atoms with E-state index in [9.17, 15) is 23.5 Å². The lowest BCUT2D eigenvalue weighted by Crippen LogP contribution is -2.37. The predicted octanol–water partition coefficient (Wildman–Crippen LogP) is 2.37. The molecule has 28 heavy (non-hydrogen) atoms. The number of likely N-dealkylation sites (tertiary alicyclic amines) is 1. The second-order valence-corrected chi connectivity index (χ2v) is 7.08. The van der Waals surface area contributed by atoms with Gasteiger partial charge in [0.25, 0.3) is 0 Å². The summed E-state index contributed by atoms with van der Waals surface area (Å²) >= 11 is 0. The third-order valence-electron chi connectivity index (χ3n) is 5.14. The Labute approximate surface area is 160 Å². The number of hydrogen-bond acceptors (Lipinski definition) is 5. The number of hydrogen-bond donors (Lipinski definition) is 1. The first-order valence-corrected chi connectivity index (χ1v) is 8.76. The smallest absolute Gasteiger partial charge is 0.320 e. The molecule has 2 aromatic rings. The second kappa shape index (κ2) is 7.67. The standard InChI is InChI=1S/C19H21F2N3O4/c1-10-7-11(28-22-10)9-23(2)18(25)13-8-15(19(26)27)24(3)17(13)12-5-4-6-14(20)16(12)21/h4-7,13,15,17H,8-9H2,1-3H3,(H,26,27)/t13-,15-,17-/m0/s1. The van der Waals surface area contributed by atoms with Gasteiger partial charge in [0.15, 0.2) is 17.4 Å². The number of halogens is 2. The molecular weight excluding hydrogens is 372 g/mol. The number of benzene rings is 1. The van der Waals surface area contributed by atoms with Crippen LogP contribution in [0.15, 0.2) is 28.8 Å². The fourth-order valence-electron chi connectivity index (χ4n) is 3.79. The lowest BCUT2D eigenvalue weighted by molar-refractivity contribution is -0.142. The van der Waals surface area contributed by atoms with Gasteiger partial charge in [-0.15, -0.1) is 0 Å². The molecule has 1 N–H and O–H groups in total. The molecule has 1 aromatic carbocycles. The summed E-state index contributed by atoms with van der Waals surface area (Å²) in [5.41, 5.74) is 0.635. The number of likely N-dealkylation sites (N-methyl/N-ethyl adjacent to an activating group) is 1. The summed E-state index contributed by atoms with van der Waals surface area (Å²) < 4.78 is 33.3. The zero-order chi connectivity index (χ0) is 20.6. The van der Waals surface area contributed by atoms with Crippen LogP contribution in [0.1, 0.15) is 29.5 Å². The average molecular weight is 393 g/mol. The van der Waals surface area contributed by atoms with Gasteiger partial charge in [-0.1, -0.05) is 17.3 Å². The largest absolute Gasteiger partial charge is 0.480 e. The van der Waals surface area contributed by atoms with Crippen LogP contribution in [0.25, 0.3) is 0 Å². The fraction of sp³-hybridized carbons (Fsp3) is 0.421. The van der Waals surface area contributed by atoms with Crippen LogP contribution in [-0.2, 0) is 16.1 Å². The summed E-state index contributed by atoms with van der Waals surface area (Å²) in [5.74, 6) is -3.98. The Kier molecular flexibility index (Phi) is 5.46. The summed E-state index contributed by atoms with van der Waals surface area (Å²) in [6.07, 6.45) is -0.00887. The van der Waals surface area contributed by atoms with E-state index in [4.69, 9.17) is 4.52 Å². The minimum Gasteiger partial charge on any atom is -0.480 e. The van der Waals surface area contributed by atoms with Gasteiger partial charge >= 0.3 is 5.97 Å². The van der Waals surface area contributed by atoms with E-state index in [1.807, 2.05) is 0 Å². The Morgan fingerprint density at radius 2 is 2.11 bits per heavy atom. The lowest BCUT2D eigenvalue weighted by atomic mass is 9.91. The molecule has 0 unspecified atom stereocenters. The summed E-state index contributed by atoms with van der Waals surface area (Å²) in [6, 6.07) is 3.51. The first-order chi connectivity index (χ1) is 13.2. The number of carbonyl (C=O) groups excluding carboxylic acids is 1. The highest BCUT2D eigenvalue weighted by Crippen LogP contribution is 2.42. The molecule has 150 valence electrons. The van der Waals surface area contributed by atoms with Crippen molar-refractivity contribution < 1.29 is 28.0 Å². The molecule has 1 fully saturated rings. The van der Waals surface area contributed by atoms with Crippen molar-refractivity contribution in [3.63, 3.8) is 0 Å². The van der Waals surface area contributed by atoms with Crippen molar-refractivity contribution in [3.05, 3.63) is 52.9 Å². The third kappa shape index (κ3) is 3.62. The molecule has 0 radical (unpaired) electrons. The molecule has 1 aromatic heterocycles. The molecule has 1 aliphatic rings. The van der Waals surface area contributed by atoms with E-state index in [2.05, 4.69) is 5.16 Å². The maximum absolute atomic E-state index is 14.4. The number of aromatic nitrogens is 1. The maximum Gasteiger partial charge on any atom is 0.320 e. The van der Waals surface area contributed by atoms with Crippen molar-refractivity contribution in [1.29, 1.82) is 0 Å². The summed E-state index contributed by atoms with van der Waals surface area (Å²) in [7, 11) is 3.05. The van der Waals surface area contributed by atoms with Crippen LogP contribution >= 0.6 is 0 Å². The van der Waals surface area contributed by atoms with Gasteiger partial charge < -0.3 is 14.5 Å². The second-order valence-electron chi connectivity index (χ2n) is 7.08. The Balaban J connectivity index is 1.92. The van der Waals surface area contributed by atoms with Gasteiger partial charge in [-0.25, -0.2) is 8.78 Å². The van der Waals surface area contributed by atoms with Crippen molar-refractivity contribution in [2.75, 3.05) is 14.1 Å². The zero-order valence-corrected chi connectivity index (χ0v) is 15.7. The molecule has 1 saturated heterocycles. The van der Waals surface area contributed by atoms with Crippen LogP contribution in [0.5, 0.6) is 0 Å². The average Bonchev–Trinajstić information content (AvgIpc) is 3.20. The van der Waals surface area contributed by atoms with E-state index < -0.39 is 35.6 Å². The van der Waals surface area contributed by atoms with Gasteiger partial charge in [-0.2, -0.15) is 0 Å². The molecule has 9 heteroatoms. The molecule has 3 atom stereocenters. The Bertz CT molecular complexity index is 901. The van der Waals surface area contributed by atoms with Crippen molar-refractivity contribution in [2.24, 2.45) is 5.92 Å². The van der Waals surface area contributed by atoms with Crippen LogP contribution < -0.4 is 0 Å². The van der Waals surface area contributed by atoms with Crippen molar-refractivity contribution >= 4 is 11.9 Å². The first kappa shape index (κ1) is 19.9. The Hall–Kier alpha value is -2.81. The van der Waals surface area contributed by atoms with E-state index in [-0.39, 0.29) is 24.4 Å². The normalized spacial score (nSPS) is 22.4. The zero-order valence-electron chi connectivity index (χ0n) is 15.7. The molecule has 3 rings (SSSR count). The highest BCUT2D eigenvalue weighted by atomic mass is 19.2. The van der Waals surface area contributed by atoms with E-state index in [1.165, 1.54) is 29.0 Å². The van der Waals surface area contributed by atoms with Gasteiger partial charge in [-0.3, -0.25) is 14.5 Å². The Morgan fingerprint density at radius 1 is 1.39 bits per heavy atom. The van der Waals surface area contributed by atoms with Gasteiger partial charge in [0.2, 0.25) is 5.91 Å². The lowest BCUT2D eigenvalue weighted by Gasteiger charge is -2.28. The summed E-state index contributed by atoms with van der Waals surface area (Å²) in [4.78, 5) is 27.5. The minimum absolute atomic E-state index is 0.00887. The van der Waals surface area contributed by atoms with Crippen LogP contribution in [-0.4, -0.2) is 52.1 Å². The monoisotopic (exact) mass is 393 g/mol. The number of aryl methyl sites for hydroxylation is 1. The van der Waals surface area contributed by atoms with E-state index in [0.29, 0.717) is 11.5 Å². The molecule has 1 aliphatic heterocycles. The van der Waals surface area contributed by atoms with Crippen molar-refractivity contribution in [1.82, 2.24) is 15.0 Å². The maximum atomic E-state index is 14.4. The molecule has 0 aliphatic carbocycles. The van der Waals surface area contributed by atoms with Crippen LogP contribution in [0.2, 0.25) is 0 Å². The molecule has 2 heterocycles. The minimum atomic E-state index is -1.12. The van der Waals surface area contributed by atoms with Gasteiger partial charge in [0.1, 0.15) is 6.04 Å². The highest BCUT2D eigenvalue weighted by molar-refractivity contribution is 5.83. The number of carboxylic acid groups (broad SMARTS) is 1. The number of carbonyl (C=O) groups is 2. The van der Waals surface area contributed by atoms with E-state index >= 15 is 0 Å². The van der Waals surface area contributed by atoms with Crippen LogP contribution in [0, 0.1) is 24.5 Å². The number of rotatable bonds is 5. The summed E-state index contributed by atoms with van der Waals surface area (Å²) in [5, 5.41) is 13.3. The third-order valence-corrected chi connectivity index (χ3v) is 5.14. The van der Waals surface area contributed by atoms with Crippen LogP contribution in [0.4, 0.5) is 8.78 Å². The molecule has 0 spiro atoms. The SMILES string of the molecule is Cc1cc(CN(C)C(=O)[C@H]2C[C@@H](C(=O)O)N(C)[C@H]2c2cccc(F)c2F)on1. The molecule has 7 nitrogen and oxygen atoms in total. The predicted molar refractivity (Wildman–Crippen MR) is 94.1 cm³/mol. The summed E-state index contributed by atoms with van der Waals surface area (Å²) in [6.45, 7) is 1.89. The van der Waals surface area contributed by atoms with Gasteiger partial charge in [0.05, 0.1) is 24.2 Å². The molecule has 0 bridgehead atoms. The van der Waals surface area contributed by atoms with E-state index in [0.717, 1.165) is 6.07 Å². The number of aliphatic carboxylic acids is 1. The quantitative estimate of drug-likeness (QED) is 0.839. The molecule has 0 saturated carbocycles. The number of amides is 1. The molecule has 1 amide bonds. The van der Waals surface area contributed by atoms with Crippen LogP contribution in [0.3, 0.4) is 0 Å². The first-order valence-electron chi connectivity index (χ1n) is 8.76.